The molecule has 8 heteroatoms. The first-order valence-corrected chi connectivity index (χ1v) is 8.92. The Balaban J connectivity index is 1.87. The van der Waals surface area contributed by atoms with Crippen LogP contribution in [-0.4, -0.2) is 27.6 Å². The van der Waals surface area contributed by atoms with E-state index in [2.05, 4.69) is 37.2 Å². The van der Waals surface area contributed by atoms with Gasteiger partial charge >= 0.3 is 6.61 Å². The zero-order valence-corrected chi connectivity index (χ0v) is 15.6. The van der Waals surface area contributed by atoms with Crippen LogP contribution in [0.25, 0.3) is 11.4 Å². The van der Waals surface area contributed by atoms with Crippen LogP contribution in [0.1, 0.15) is 20.3 Å². The molecule has 0 saturated carbocycles. The minimum Gasteiger partial charge on any atom is -0.435 e. The molecule has 0 aliphatic carbocycles. The summed E-state index contributed by atoms with van der Waals surface area (Å²) in [6.07, 6.45) is 2.62. The molecular formula is C20H21F2N5O. The fourth-order valence-electron chi connectivity index (χ4n) is 2.41. The molecule has 0 unspecified atom stereocenters. The van der Waals surface area contributed by atoms with Crippen molar-refractivity contribution in [2.75, 3.05) is 10.6 Å². The molecule has 0 amide bonds. The molecule has 0 bridgehead atoms. The Hall–Kier alpha value is -3.29. The normalized spacial score (nSPS) is 11.9. The van der Waals surface area contributed by atoms with Crippen molar-refractivity contribution in [2.24, 2.45) is 0 Å². The van der Waals surface area contributed by atoms with Gasteiger partial charge in [-0.25, -0.2) is 4.98 Å². The van der Waals surface area contributed by atoms with Gasteiger partial charge in [-0.15, -0.1) is 0 Å². The number of halogens is 2. The fourth-order valence-corrected chi connectivity index (χ4v) is 2.41. The number of nitrogens with zero attached hydrogens (tertiary/aromatic N) is 3. The predicted molar refractivity (Wildman–Crippen MR) is 105 cm³/mol. The zero-order chi connectivity index (χ0) is 19.9. The van der Waals surface area contributed by atoms with E-state index in [-0.39, 0.29) is 11.8 Å². The van der Waals surface area contributed by atoms with Gasteiger partial charge in [0.1, 0.15) is 11.6 Å². The third kappa shape index (κ3) is 5.35. The van der Waals surface area contributed by atoms with Crippen molar-refractivity contribution in [3.8, 4) is 17.1 Å². The first-order valence-electron chi connectivity index (χ1n) is 8.92. The van der Waals surface area contributed by atoms with Crippen LogP contribution < -0.4 is 15.4 Å². The van der Waals surface area contributed by atoms with Gasteiger partial charge in [-0.1, -0.05) is 13.0 Å². The molecule has 0 saturated heterocycles. The Bertz CT molecular complexity index is 891. The summed E-state index contributed by atoms with van der Waals surface area (Å²) in [7, 11) is 0. The van der Waals surface area contributed by atoms with Gasteiger partial charge in [0, 0.05) is 24.0 Å². The van der Waals surface area contributed by atoms with Crippen LogP contribution >= 0.6 is 0 Å². The fraction of sp³-hybridized carbons (Fsp3) is 0.250. The number of benzene rings is 1. The SMILES string of the molecule is CC[C@H](C)Nc1nc(Nc2ccc(OC(F)F)cc2)cc(-c2ccccn2)n1. The molecule has 0 aliphatic rings. The van der Waals surface area contributed by atoms with E-state index in [1.54, 1.807) is 24.4 Å². The molecule has 28 heavy (non-hydrogen) atoms. The van der Waals surface area contributed by atoms with E-state index in [1.807, 2.05) is 25.1 Å². The first kappa shape index (κ1) is 19.5. The maximum atomic E-state index is 12.3. The van der Waals surface area contributed by atoms with E-state index < -0.39 is 6.61 Å². The van der Waals surface area contributed by atoms with Crippen molar-refractivity contribution in [3.63, 3.8) is 0 Å². The van der Waals surface area contributed by atoms with Crippen LogP contribution in [0.2, 0.25) is 0 Å². The first-order chi connectivity index (χ1) is 13.5. The van der Waals surface area contributed by atoms with Crippen molar-refractivity contribution in [2.45, 2.75) is 32.9 Å². The van der Waals surface area contributed by atoms with Gasteiger partial charge in [0.15, 0.2) is 0 Å². The Labute approximate surface area is 162 Å². The monoisotopic (exact) mass is 385 g/mol. The number of hydrogen-bond donors (Lipinski definition) is 2. The largest absolute Gasteiger partial charge is 0.435 e. The number of alkyl halides is 2. The highest BCUT2D eigenvalue weighted by Gasteiger charge is 2.10. The highest BCUT2D eigenvalue weighted by Crippen LogP contribution is 2.24. The zero-order valence-electron chi connectivity index (χ0n) is 15.6. The molecule has 1 aromatic carbocycles. The number of nitrogens with one attached hydrogen (secondary N) is 2. The molecular weight excluding hydrogens is 364 g/mol. The van der Waals surface area contributed by atoms with E-state index in [4.69, 9.17) is 0 Å². The standard InChI is InChI=1S/C20H21F2N5O/c1-3-13(2)24-20-26-17(16-6-4-5-11-23-16)12-18(27-20)25-14-7-9-15(10-8-14)28-19(21)22/h4-13,19H,3H2,1-2H3,(H2,24,25,26,27)/t13-/m0/s1. The van der Waals surface area contributed by atoms with Crippen molar-refractivity contribution in [1.82, 2.24) is 15.0 Å². The average molecular weight is 385 g/mol. The van der Waals surface area contributed by atoms with Gasteiger partial charge in [-0.05, 0) is 49.7 Å². The molecule has 0 fully saturated rings. The van der Waals surface area contributed by atoms with Crippen LogP contribution in [0, 0.1) is 0 Å². The van der Waals surface area contributed by atoms with Crippen LogP contribution in [0.5, 0.6) is 5.75 Å². The lowest BCUT2D eigenvalue weighted by molar-refractivity contribution is -0.0498. The minimum atomic E-state index is -2.85. The Morgan fingerprint density at radius 2 is 1.82 bits per heavy atom. The molecule has 3 aromatic rings. The highest BCUT2D eigenvalue weighted by molar-refractivity contribution is 5.65. The number of hydrogen-bond acceptors (Lipinski definition) is 6. The van der Waals surface area contributed by atoms with E-state index in [9.17, 15) is 8.78 Å². The second kappa shape index (κ2) is 9.07. The summed E-state index contributed by atoms with van der Waals surface area (Å²) in [5, 5.41) is 6.43. The summed E-state index contributed by atoms with van der Waals surface area (Å²) in [4.78, 5) is 13.4. The molecule has 0 aliphatic heterocycles. The second-order valence-corrected chi connectivity index (χ2v) is 6.16. The molecule has 146 valence electrons. The molecule has 0 radical (unpaired) electrons. The van der Waals surface area contributed by atoms with E-state index in [1.165, 1.54) is 12.1 Å². The number of anilines is 3. The molecule has 2 heterocycles. The molecule has 3 rings (SSSR count). The van der Waals surface area contributed by atoms with E-state index >= 15 is 0 Å². The van der Waals surface area contributed by atoms with Crippen LogP contribution in [-0.2, 0) is 0 Å². The lowest BCUT2D eigenvalue weighted by Crippen LogP contribution is -2.16. The summed E-state index contributed by atoms with van der Waals surface area (Å²) in [6, 6.07) is 13.8. The van der Waals surface area contributed by atoms with Crippen molar-refractivity contribution < 1.29 is 13.5 Å². The summed E-state index contributed by atoms with van der Waals surface area (Å²) < 4.78 is 28.9. The van der Waals surface area contributed by atoms with Crippen LogP contribution in [0.15, 0.2) is 54.7 Å². The predicted octanol–water partition coefficient (Wildman–Crippen LogP) is 5.09. The molecule has 0 spiro atoms. The van der Waals surface area contributed by atoms with Crippen LogP contribution in [0.3, 0.4) is 0 Å². The quantitative estimate of drug-likeness (QED) is 0.562. The maximum absolute atomic E-state index is 12.3. The van der Waals surface area contributed by atoms with Gasteiger partial charge in [-0.2, -0.15) is 13.8 Å². The molecule has 6 nitrogen and oxygen atoms in total. The molecule has 1 atom stereocenters. The lowest BCUT2D eigenvalue weighted by atomic mass is 10.2. The number of aromatic nitrogens is 3. The molecule has 2 N–H and O–H groups in total. The van der Waals surface area contributed by atoms with E-state index in [0.29, 0.717) is 23.1 Å². The van der Waals surface area contributed by atoms with Gasteiger partial charge in [0.05, 0.1) is 11.4 Å². The summed E-state index contributed by atoms with van der Waals surface area (Å²) in [6.45, 7) is 1.27. The summed E-state index contributed by atoms with van der Waals surface area (Å²) in [5.41, 5.74) is 2.07. The minimum absolute atomic E-state index is 0.0940. The van der Waals surface area contributed by atoms with Crippen molar-refractivity contribution >= 4 is 17.5 Å². The van der Waals surface area contributed by atoms with Gasteiger partial charge < -0.3 is 15.4 Å². The highest BCUT2D eigenvalue weighted by atomic mass is 19.3. The second-order valence-electron chi connectivity index (χ2n) is 6.16. The average Bonchev–Trinajstić information content (AvgIpc) is 2.69. The molecule has 2 aromatic heterocycles. The topological polar surface area (TPSA) is 72.0 Å². The van der Waals surface area contributed by atoms with Gasteiger partial charge in [-0.3, -0.25) is 4.98 Å². The number of ether oxygens (including phenoxy) is 1. The van der Waals surface area contributed by atoms with Gasteiger partial charge in [0.25, 0.3) is 0 Å². The van der Waals surface area contributed by atoms with Crippen LogP contribution in [0.4, 0.5) is 26.2 Å². The number of rotatable bonds is 8. The third-order valence-electron chi connectivity index (χ3n) is 3.99. The van der Waals surface area contributed by atoms with Crippen molar-refractivity contribution in [1.29, 1.82) is 0 Å². The van der Waals surface area contributed by atoms with Crippen molar-refractivity contribution in [3.05, 3.63) is 54.7 Å². The Morgan fingerprint density at radius 3 is 2.46 bits per heavy atom. The van der Waals surface area contributed by atoms with E-state index in [0.717, 1.165) is 12.1 Å². The maximum Gasteiger partial charge on any atom is 0.387 e. The summed E-state index contributed by atoms with van der Waals surface area (Å²) in [5.74, 6) is 1.14. The Kier molecular flexibility index (Phi) is 6.31. The lowest BCUT2D eigenvalue weighted by Gasteiger charge is -2.14. The van der Waals surface area contributed by atoms with Gasteiger partial charge in [0.2, 0.25) is 5.95 Å². The Morgan fingerprint density at radius 1 is 1.04 bits per heavy atom. The third-order valence-corrected chi connectivity index (χ3v) is 3.99. The smallest absolute Gasteiger partial charge is 0.387 e. The summed E-state index contributed by atoms with van der Waals surface area (Å²) >= 11 is 0. The number of pyridine rings is 1.